The average molecular weight is 303 g/mol. The normalized spacial score (nSPS) is 11.6. The molecule has 0 aliphatic rings. The summed E-state index contributed by atoms with van der Waals surface area (Å²) in [6, 6.07) is 3.36. The molecular formula is C14H20F3N3O. The summed E-state index contributed by atoms with van der Waals surface area (Å²) in [4.78, 5) is 13.3. The van der Waals surface area contributed by atoms with E-state index in [1.165, 1.54) is 6.07 Å². The molecule has 1 rings (SSSR count). The molecule has 0 aliphatic carbocycles. The number of halogens is 3. The second-order valence-electron chi connectivity index (χ2n) is 5.12. The summed E-state index contributed by atoms with van der Waals surface area (Å²) >= 11 is 0. The van der Waals surface area contributed by atoms with Gasteiger partial charge >= 0.3 is 6.18 Å². The molecule has 0 aromatic heterocycles. The van der Waals surface area contributed by atoms with Crippen LogP contribution in [0.15, 0.2) is 18.2 Å². The topological polar surface area (TPSA) is 58.4 Å². The molecule has 0 bridgehead atoms. The largest absolute Gasteiger partial charge is 0.416 e. The minimum Gasteiger partial charge on any atom is -0.365 e. The number of carbonyl (C=O) groups is 1. The van der Waals surface area contributed by atoms with Crippen LogP contribution < -0.4 is 16.0 Å². The van der Waals surface area contributed by atoms with Gasteiger partial charge in [-0.05, 0) is 37.6 Å². The van der Waals surface area contributed by atoms with Gasteiger partial charge in [0.25, 0.3) is 0 Å². The number of hydrogen-bond acceptors (Lipinski definition) is 3. The zero-order valence-electron chi connectivity index (χ0n) is 12.3. The lowest BCUT2D eigenvalue weighted by Crippen LogP contribution is -2.39. The van der Waals surface area contributed by atoms with Crippen molar-refractivity contribution in [2.75, 3.05) is 18.5 Å². The Balaban J connectivity index is 2.94. The van der Waals surface area contributed by atoms with E-state index >= 15 is 0 Å². The summed E-state index contributed by atoms with van der Waals surface area (Å²) in [5, 5.41) is 2.72. The van der Waals surface area contributed by atoms with Crippen molar-refractivity contribution < 1.29 is 18.0 Å². The maximum atomic E-state index is 12.7. The van der Waals surface area contributed by atoms with E-state index in [1.807, 2.05) is 13.8 Å². The molecule has 4 nitrogen and oxygen atoms in total. The molecule has 0 unspecified atom stereocenters. The molecule has 0 fully saturated rings. The first kappa shape index (κ1) is 17.3. The molecule has 0 radical (unpaired) electrons. The van der Waals surface area contributed by atoms with Crippen molar-refractivity contribution in [1.29, 1.82) is 0 Å². The highest BCUT2D eigenvalue weighted by Gasteiger charge is 2.31. The van der Waals surface area contributed by atoms with E-state index in [1.54, 1.807) is 11.9 Å². The number of amides is 1. The molecule has 0 spiro atoms. The number of benzene rings is 1. The van der Waals surface area contributed by atoms with Crippen molar-refractivity contribution in [3.05, 3.63) is 29.3 Å². The SMILES string of the molecule is CC(C)NC(=O)CN(C)c1ccc(C(F)(F)F)cc1CN. The minimum absolute atomic E-state index is 0.00693. The highest BCUT2D eigenvalue weighted by Crippen LogP contribution is 2.32. The monoisotopic (exact) mass is 303 g/mol. The number of nitrogens with one attached hydrogen (secondary N) is 1. The van der Waals surface area contributed by atoms with E-state index in [-0.39, 0.29) is 25.0 Å². The molecule has 0 saturated heterocycles. The molecule has 0 saturated carbocycles. The Bertz CT molecular complexity index is 501. The fraction of sp³-hybridized carbons (Fsp3) is 0.500. The number of nitrogens with zero attached hydrogens (tertiary/aromatic N) is 1. The Morgan fingerprint density at radius 1 is 1.38 bits per heavy atom. The maximum Gasteiger partial charge on any atom is 0.416 e. The third-order valence-electron chi connectivity index (χ3n) is 2.87. The zero-order chi connectivity index (χ0) is 16.2. The van der Waals surface area contributed by atoms with Crippen LogP contribution in [-0.2, 0) is 17.5 Å². The van der Waals surface area contributed by atoms with Gasteiger partial charge in [-0.1, -0.05) is 0 Å². The van der Waals surface area contributed by atoms with Gasteiger partial charge in [-0.2, -0.15) is 13.2 Å². The Hall–Kier alpha value is -1.76. The lowest BCUT2D eigenvalue weighted by Gasteiger charge is -2.23. The number of carbonyl (C=O) groups excluding carboxylic acids is 1. The van der Waals surface area contributed by atoms with Gasteiger partial charge in [-0.25, -0.2) is 0 Å². The predicted molar refractivity (Wildman–Crippen MR) is 75.9 cm³/mol. The second-order valence-corrected chi connectivity index (χ2v) is 5.12. The lowest BCUT2D eigenvalue weighted by atomic mass is 10.1. The van der Waals surface area contributed by atoms with E-state index in [4.69, 9.17) is 5.73 Å². The number of hydrogen-bond donors (Lipinski definition) is 2. The number of rotatable bonds is 5. The Labute approximate surface area is 122 Å². The van der Waals surface area contributed by atoms with Gasteiger partial charge in [0.1, 0.15) is 0 Å². The molecular weight excluding hydrogens is 283 g/mol. The Kier molecular flexibility index (Phi) is 5.60. The fourth-order valence-corrected chi connectivity index (χ4v) is 1.97. The van der Waals surface area contributed by atoms with Crippen molar-refractivity contribution in [3.8, 4) is 0 Å². The quantitative estimate of drug-likeness (QED) is 0.876. The zero-order valence-corrected chi connectivity index (χ0v) is 12.3. The van der Waals surface area contributed by atoms with Crippen LogP contribution >= 0.6 is 0 Å². The van der Waals surface area contributed by atoms with E-state index in [2.05, 4.69) is 5.32 Å². The molecule has 0 atom stereocenters. The van der Waals surface area contributed by atoms with Crippen LogP contribution in [0.1, 0.15) is 25.0 Å². The summed E-state index contributed by atoms with van der Waals surface area (Å²) in [6.45, 7) is 3.69. The Morgan fingerprint density at radius 2 is 2.00 bits per heavy atom. The molecule has 1 aromatic rings. The molecule has 1 aromatic carbocycles. The van der Waals surface area contributed by atoms with Crippen LogP contribution in [0.5, 0.6) is 0 Å². The molecule has 3 N–H and O–H groups in total. The summed E-state index contributed by atoms with van der Waals surface area (Å²) in [6.07, 6.45) is -4.41. The third-order valence-corrected chi connectivity index (χ3v) is 2.87. The molecule has 21 heavy (non-hydrogen) atoms. The highest BCUT2D eigenvalue weighted by molar-refractivity contribution is 5.81. The van der Waals surface area contributed by atoms with Gasteiger partial charge in [-0.15, -0.1) is 0 Å². The van der Waals surface area contributed by atoms with Gasteiger partial charge in [-0.3, -0.25) is 4.79 Å². The smallest absolute Gasteiger partial charge is 0.365 e. The third kappa shape index (κ3) is 4.93. The van der Waals surface area contributed by atoms with Gasteiger partial charge in [0.05, 0.1) is 12.1 Å². The number of likely N-dealkylation sites (N-methyl/N-ethyl adjacent to an activating group) is 1. The molecule has 1 amide bonds. The van der Waals surface area contributed by atoms with Crippen molar-refractivity contribution in [2.24, 2.45) is 5.73 Å². The van der Waals surface area contributed by atoms with Crippen LogP contribution in [0.3, 0.4) is 0 Å². The summed E-state index contributed by atoms with van der Waals surface area (Å²) < 4.78 is 38.0. The summed E-state index contributed by atoms with van der Waals surface area (Å²) in [7, 11) is 1.64. The van der Waals surface area contributed by atoms with E-state index < -0.39 is 11.7 Å². The predicted octanol–water partition coefficient (Wildman–Crippen LogP) is 2.12. The highest BCUT2D eigenvalue weighted by atomic mass is 19.4. The number of nitrogens with two attached hydrogens (primary N) is 1. The molecule has 0 heterocycles. The van der Waals surface area contributed by atoms with E-state index in [0.29, 0.717) is 11.3 Å². The molecule has 7 heteroatoms. The maximum absolute atomic E-state index is 12.7. The molecule has 0 aliphatic heterocycles. The number of anilines is 1. The van der Waals surface area contributed by atoms with Crippen LogP contribution in [0.2, 0.25) is 0 Å². The van der Waals surface area contributed by atoms with Crippen LogP contribution in [0, 0.1) is 0 Å². The van der Waals surface area contributed by atoms with Gasteiger partial charge in [0, 0.05) is 25.3 Å². The van der Waals surface area contributed by atoms with Crippen molar-refractivity contribution in [2.45, 2.75) is 32.6 Å². The van der Waals surface area contributed by atoms with Gasteiger partial charge < -0.3 is 16.0 Å². The van der Waals surface area contributed by atoms with Crippen LogP contribution in [0.4, 0.5) is 18.9 Å². The first-order valence-corrected chi connectivity index (χ1v) is 6.55. The second kappa shape index (κ2) is 6.80. The number of alkyl halides is 3. The van der Waals surface area contributed by atoms with Crippen molar-refractivity contribution in [3.63, 3.8) is 0 Å². The summed E-state index contributed by atoms with van der Waals surface area (Å²) in [5.41, 5.74) is 5.64. The van der Waals surface area contributed by atoms with Crippen molar-refractivity contribution in [1.82, 2.24) is 5.32 Å². The summed E-state index contributed by atoms with van der Waals surface area (Å²) in [5.74, 6) is -0.199. The average Bonchev–Trinajstić information content (AvgIpc) is 2.35. The first-order chi connectivity index (χ1) is 9.65. The van der Waals surface area contributed by atoms with Crippen molar-refractivity contribution >= 4 is 11.6 Å². The van der Waals surface area contributed by atoms with E-state index in [0.717, 1.165) is 12.1 Å². The van der Waals surface area contributed by atoms with Gasteiger partial charge in [0.2, 0.25) is 5.91 Å². The van der Waals surface area contributed by atoms with Gasteiger partial charge in [0.15, 0.2) is 0 Å². The lowest BCUT2D eigenvalue weighted by molar-refractivity contribution is -0.137. The van der Waals surface area contributed by atoms with E-state index in [9.17, 15) is 18.0 Å². The molecule has 118 valence electrons. The standard InChI is InChI=1S/C14H20F3N3O/c1-9(2)19-13(21)8-20(3)12-5-4-11(14(15,16)17)6-10(12)7-18/h4-6,9H,7-8,18H2,1-3H3,(H,19,21). The minimum atomic E-state index is -4.41. The Morgan fingerprint density at radius 3 is 2.48 bits per heavy atom. The first-order valence-electron chi connectivity index (χ1n) is 6.55. The van der Waals surface area contributed by atoms with Crippen LogP contribution in [0.25, 0.3) is 0 Å². The van der Waals surface area contributed by atoms with Crippen LogP contribution in [-0.4, -0.2) is 25.5 Å². The fourth-order valence-electron chi connectivity index (χ4n) is 1.97.